The molecule has 1 fully saturated rings. The van der Waals surface area contributed by atoms with Gasteiger partial charge in [0.1, 0.15) is 18.0 Å². The summed E-state index contributed by atoms with van der Waals surface area (Å²) >= 11 is 0. The van der Waals surface area contributed by atoms with Crippen molar-refractivity contribution in [2.75, 3.05) is 24.3 Å². The standard InChI is InChI=1S/C12H20N4O/c1-3-9-10(13)14-8-15-11(9)16-12(2)4-6-17-7-5-12/h8H,3-7H2,1-2H3,(H3,13,14,15,16). The molecule has 0 radical (unpaired) electrons. The van der Waals surface area contributed by atoms with Crippen molar-refractivity contribution in [1.82, 2.24) is 9.97 Å². The quantitative estimate of drug-likeness (QED) is 0.834. The van der Waals surface area contributed by atoms with Gasteiger partial charge in [-0.1, -0.05) is 6.92 Å². The van der Waals surface area contributed by atoms with Crippen molar-refractivity contribution in [3.8, 4) is 0 Å². The van der Waals surface area contributed by atoms with Crippen molar-refractivity contribution < 1.29 is 4.74 Å². The fourth-order valence-corrected chi connectivity index (χ4v) is 2.12. The van der Waals surface area contributed by atoms with Gasteiger partial charge in [-0.2, -0.15) is 0 Å². The molecule has 0 bridgehead atoms. The van der Waals surface area contributed by atoms with Crippen molar-refractivity contribution in [2.45, 2.75) is 38.6 Å². The van der Waals surface area contributed by atoms with Crippen molar-refractivity contribution in [3.63, 3.8) is 0 Å². The van der Waals surface area contributed by atoms with E-state index in [1.165, 1.54) is 6.33 Å². The highest BCUT2D eigenvalue weighted by molar-refractivity contribution is 5.56. The highest BCUT2D eigenvalue weighted by Gasteiger charge is 2.28. The lowest BCUT2D eigenvalue weighted by molar-refractivity contribution is 0.0657. The zero-order valence-electron chi connectivity index (χ0n) is 10.5. The van der Waals surface area contributed by atoms with E-state index in [0.717, 1.165) is 43.9 Å². The molecule has 0 saturated carbocycles. The second kappa shape index (κ2) is 4.87. The van der Waals surface area contributed by atoms with Gasteiger partial charge in [0.05, 0.1) is 0 Å². The van der Waals surface area contributed by atoms with Crippen molar-refractivity contribution in [2.24, 2.45) is 0 Å². The average Bonchev–Trinajstić information content (AvgIpc) is 2.30. The molecule has 0 unspecified atom stereocenters. The molecule has 5 heteroatoms. The van der Waals surface area contributed by atoms with E-state index < -0.39 is 0 Å². The molecule has 5 nitrogen and oxygen atoms in total. The molecule has 3 N–H and O–H groups in total. The summed E-state index contributed by atoms with van der Waals surface area (Å²) in [7, 11) is 0. The van der Waals surface area contributed by atoms with E-state index in [0.29, 0.717) is 5.82 Å². The van der Waals surface area contributed by atoms with Gasteiger partial charge in [-0.15, -0.1) is 0 Å². The first kappa shape index (κ1) is 12.1. The highest BCUT2D eigenvalue weighted by Crippen LogP contribution is 2.27. The van der Waals surface area contributed by atoms with Crippen LogP contribution in [-0.2, 0) is 11.2 Å². The summed E-state index contributed by atoms with van der Waals surface area (Å²) in [5.41, 5.74) is 6.91. The fraction of sp³-hybridized carbons (Fsp3) is 0.667. The topological polar surface area (TPSA) is 73.1 Å². The summed E-state index contributed by atoms with van der Waals surface area (Å²) in [5, 5.41) is 3.51. The van der Waals surface area contributed by atoms with Gasteiger partial charge in [0.15, 0.2) is 0 Å². The minimum Gasteiger partial charge on any atom is -0.383 e. The molecule has 0 aliphatic carbocycles. The molecule has 0 aromatic carbocycles. The van der Waals surface area contributed by atoms with E-state index in [4.69, 9.17) is 10.5 Å². The number of rotatable bonds is 3. The number of aromatic nitrogens is 2. The third-order valence-corrected chi connectivity index (χ3v) is 3.35. The Balaban J connectivity index is 2.20. The maximum atomic E-state index is 5.86. The highest BCUT2D eigenvalue weighted by atomic mass is 16.5. The van der Waals surface area contributed by atoms with E-state index >= 15 is 0 Å². The summed E-state index contributed by atoms with van der Waals surface area (Å²) in [6.45, 7) is 5.86. The van der Waals surface area contributed by atoms with Crippen LogP contribution in [-0.4, -0.2) is 28.7 Å². The Morgan fingerprint density at radius 2 is 2.12 bits per heavy atom. The van der Waals surface area contributed by atoms with Gasteiger partial charge in [-0.05, 0) is 26.2 Å². The molecule has 2 rings (SSSR count). The Bertz CT molecular complexity index is 388. The number of ether oxygens (including phenoxy) is 1. The maximum absolute atomic E-state index is 5.86. The van der Waals surface area contributed by atoms with Crippen LogP contribution < -0.4 is 11.1 Å². The van der Waals surface area contributed by atoms with Crippen LogP contribution in [0, 0.1) is 0 Å². The molecule has 0 amide bonds. The molecule has 1 saturated heterocycles. The molecule has 1 aromatic heterocycles. The van der Waals surface area contributed by atoms with Gasteiger partial charge in [-0.25, -0.2) is 9.97 Å². The van der Waals surface area contributed by atoms with Gasteiger partial charge in [0.25, 0.3) is 0 Å². The summed E-state index contributed by atoms with van der Waals surface area (Å²) < 4.78 is 5.39. The van der Waals surface area contributed by atoms with Gasteiger partial charge < -0.3 is 15.8 Å². The number of nitrogens with one attached hydrogen (secondary N) is 1. The Morgan fingerprint density at radius 3 is 2.76 bits per heavy atom. The number of nitrogens with two attached hydrogens (primary N) is 1. The summed E-state index contributed by atoms with van der Waals surface area (Å²) in [6, 6.07) is 0. The molecular formula is C12H20N4O. The predicted molar refractivity (Wildman–Crippen MR) is 67.9 cm³/mol. The Kier molecular flexibility index (Phi) is 3.47. The molecule has 1 aliphatic rings. The minimum atomic E-state index is 0.0446. The van der Waals surface area contributed by atoms with Crippen LogP contribution in [0.2, 0.25) is 0 Å². The number of hydrogen-bond donors (Lipinski definition) is 2. The monoisotopic (exact) mass is 236 g/mol. The van der Waals surface area contributed by atoms with Crippen LogP contribution >= 0.6 is 0 Å². The first-order valence-corrected chi connectivity index (χ1v) is 6.10. The third-order valence-electron chi connectivity index (χ3n) is 3.35. The van der Waals surface area contributed by atoms with Crippen LogP contribution in [0.3, 0.4) is 0 Å². The van der Waals surface area contributed by atoms with E-state index in [2.05, 4.69) is 29.1 Å². The van der Waals surface area contributed by atoms with Gasteiger partial charge >= 0.3 is 0 Å². The second-order valence-corrected chi connectivity index (χ2v) is 4.74. The SMILES string of the molecule is CCc1c(N)ncnc1NC1(C)CCOCC1. The molecule has 17 heavy (non-hydrogen) atoms. The number of hydrogen-bond acceptors (Lipinski definition) is 5. The van der Waals surface area contributed by atoms with Crippen LogP contribution in [0.5, 0.6) is 0 Å². The van der Waals surface area contributed by atoms with E-state index in [1.807, 2.05) is 0 Å². The van der Waals surface area contributed by atoms with Crippen molar-refractivity contribution in [1.29, 1.82) is 0 Å². The van der Waals surface area contributed by atoms with Crippen molar-refractivity contribution >= 4 is 11.6 Å². The third kappa shape index (κ3) is 2.66. The molecule has 1 aromatic rings. The smallest absolute Gasteiger partial charge is 0.135 e. The van der Waals surface area contributed by atoms with Gasteiger partial charge in [0.2, 0.25) is 0 Å². The molecule has 1 aliphatic heterocycles. The Morgan fingerprint density at radius 1 is 1.41 bits per heavy atom. The van der Waals surface area contributed by atoms with E-state index in [9.17, 15) is 0 Å². The predicted octanol–water partition coefficient (Wildman–Crippen LogP) is 1.60. The molecular weight excluding hydrogens is 216 g/mol. The number of nitrogen functional groups attached to an aromatic ring is 1. The average molecular weight is 236 g/mol. The maximum Gasteiger partial charge on any atom is 0.135 e. The number of anilines is 2. The zero-order chi connectivity index (χ0) is 12.3. The normalized spacial score (nSPS) is 18.9. The molecule has 0 spiro atoms. The van der Waals surface area contributed by atoms with Crippen molar-refractivity contribution in [3.05, 3.63) is 11.9 Å². The molecule has 94 valence electrons. The first-order valence-electron chi connectivity index (χ1n) is 6.10. The van der Waals surface area contributed by atoms with Crippen LogP contribution in [0.15, 0.2) is 6.33 Å². The van der Waals surface area contributed by atoms with Crippen LogP contribution in [0.4, 0.5) is 11.6 Å². The van der Waals surface area contributed by atoms with Gasteiger partial charge in [-0.3, -0.25) is 0 Å². The zero-order valence-corrected chi connectivity index (χ0v) is 10.5. The second-order valence-electron chi connectivity index (χ2n) is 4.74. The first-order chi connectivity index (χ1) is 8.14. The Labute approximate surface area is 102 Å². The minimum absolute atomic E-state index is 0.0446. The molecule has 2 heterocycles. The van der Waals surface area contributed by atoms with Crippen LogP contribution in [0.25, 0.3) is 0 Å². The Hall–Kier alpha value is -1.36. The lowest BCUT2D eigenvalue weighted by Crippen LogP contribution is -2.41. The van der Waals surface area contributed by atoms with Gasteiger partial charge in [0, 0.05) is 24.3 Å². The van der Waals surface area contributed by atoms with Crippen LogP contribution in [0.1, 0.15) is 32.3 Å². The summed E-state index contributed by atoms with van der Waals surface area (Å²) in [6.07, 6.45) is 4.32. The van der Waals surface area contributed by atoms with E-state index in [-0.39, 0.29) is 5.54 Å². The summed E-state index contributed by atoms with van der Waals surface area (Å²) in [4.78, 5) is 8.34. The molecule has 0 atom stereocenters. The lowest BCUT2D eigenvalue weighted by Gasteiger charge is -2.35. The fourth-order valence-electron chi connectivity index (χ4n) is 2.12. The van der Waals surface area contributed by atoms with E-state index in [1.54, 1.807) is 0 Å². The summed E-state index contributed by atoms with van der Waals surface area (Å²) in [5.74, 6) is 1.44. The largest absolute Gasteiger partial charge is 0.383 e. The number of nitrogens with zero attached hydrogens (tertiary/aromatic N) is 2. The lowest BCUT2D eigenvalue weighted by atomic mass is 9.92.